The molecule has 0 saturated carbocycles. The summed E-state index contributed by atoms with van der Waals surface area (Å²) < 4.78 is 0. The summed E-state index contributed by atoms with van der Waals surface area (Å²) in [5.74, 6) is 1.98. The zero-order valence-electron chi connectivity index (χ0n) is 9.49. The molecule has 3 N–H and O–H groups in total. The van der Waals surface area contributed by atoms with Crippen LogP contribution in [-0.2, 0) is 0 Å². The van der Waals surface area contributed by atoms with E-state index in [1.165, 1.54) is 0 Å². The summed E-state index contributed by atoms with van der Waals surface area (Å²) in [6, 6.07) is 5.76. The van der Waals surface area contributed by atoms with Gasteiger partial charge in [0.2, 0.25) is 0 Å². The fourth-order valence-electron chi connectivity index (χ4n) is 1.27. The number of nitrogens with zero attached hydrogens (tertiary/aromatic N) is 1. The Balaban J connectivity index is 2.70. The average Bonchev–Trinajstić information content (AvgIpc) is 2.25. The van der Waals surface area contributed by atoms with Gasteiger partial charge in [-0.15, -0.1) is 0 Å². The van der Waals surface area contributed by atoms with E-state index in [-0.39, 0.29) is 12.6 Å². The van der Waals surface area contributed by atoms with Gasteiger partial charge in [0.05, 0.1) is 12.6 Å². The zero-order chi connectivity index (χ0) is 11.3. The van der Waals surface area contributed by atoms with Crippen LogP contribution in [-0.4, -0.2) is 29.8 Å². The summed E-state index contributed by atoms with van der Waals surface area (Å²) in [4.78, 5) is 4.33. The minimum absolute atomic E-state index is 0.0459. The number of aliphatic hydroxyl groups is 1. The van der Waals surface area contributed by atoms with Crippen molar-refractivity contribution in [3.05, 3.63) is 18.2 Å². The fraction of sp³-hybridized carbons (Fsp3) is 0.545. The van der Waals surface area contributed by atoms with Crippen LogP contribution >= 0.6 is 0 Å². The smallest absolute Gasteiger partial charge is 0.128 e. The lowest BCUT2D eigenvalue weighted by Crippen LogP contribution is -2.29. The molecule has 1 aromatic heterocycles. The monoisotopic (exact) mass is 209 g/mol. The molecule has 0 amide bonds. The Bertz CT molecular complexity index is 302. The van der Waals surface area contributed by atoms with Crippen LogP contribution in [0.2, 0.25) is 0 Å². The molecule has 0 aliphatic rings. The first-order valence-corrected chi connectivity index (χ1v) is 5.19. The highest BCUT2D eigenvalue weighted by molar-refractivity contribution is 5.45. The van der Waals surface area contributed by atoms with Crippen molar-refractivity contribution in [2.45, 2.75) is 19.9 Å². The van der Waals surface area contributed by atoms with Gasteiger partial charge in [0.25, 0.3) is 0 Å². The number of rotatable bonds is 5. The molecule has 15 heavy (non-hydrogen) atoms. The van der Waals surface area contributed by atoms with Crippen LogP contribution in [0.25, 0.3) is 0 Å². The van der Waals surface area contributed by atoms with Gasteiger partial charge in [-0.25, -0.2) is 4.98 Å². The van der Waals surface area contributed by atoms with Gasteiger partial charge < -0.3 is 15.7 Å². The van der Waals surface area contributed by atoms with Crippen molar-refractivity contribution in [3.8, 4) is 0 Å². The molecule has 1 aromatic rings. The van der Waals surface area contributed by atoms with Gasteiger partial charge in [-0.2, -0.15) is 0 Å². The topological polar surface area (TPSA) is 57.2 Å². The normalized spacial score (nSPS) is 12.6. The largest absolute Gasteiger partial charge is 0.394 e. The van der Waals surface area contributed by atoms with Crippen molar-refractivity contribution < 1.29 is 5.11 Å². The number of anilines is 2. The van der Waals surface area contributed by atoms with E-state index in [2.05, 4.69) is 29.5 Å². The second-order valence-electron chi connectivity index (χ2n) is 3.84. The number of hydrogen-bond acceptors (Lipinski definition) is 4. The third-order valence-corrected chi connectivity index (χ3v) is 2.34. The highest BCUT2D eigenvalue weighted by atomic mass is 16.3. The first kappa shape index (κ1) is 11.8. The quantitative estimate of drug-likeness (QED) is 0.688. The first-order valence-electron chi connectivity index (χ1n) is 5.19. The molecule has 1 unspecified atom stereocenters. The van der Waals surface area contributed by atoms with Crippen LogP contribution < -0.4 is 10.6 Å². The second-order valence-corrected chi connectivity index (χ2v) is 3.84. The molecule has 0 fully saturated rings. The van der Waals surface area contributed by atoms with E-state index >= 15 is 0 Å². The van der Waals surface area contributed by atoms with E-state index in [0.717, 1.165) is 11.6 Å². The number of hydrogen-bond donors (Lipinski definition) is 3. The van der Waals surface area contributed by atoms with Crippen LogP contribution in [0.3, 0.4) is 0 Å². The first-order chi connectivity index (χ1) is 7.17. The van der Waals surface area contributed by atoms with Crippen LogP contribution in [0.15, 0.2) is 18.2 Å². The lowest BCUT2D eigenvalue weighted by Gasteiger charge is -2.20. The van der Waals surface area contributed by atoms with Crippen LogP contribution in [0.4, 0.5) is 11.6 Å². The Labute approximate surface area is 90.7 Å². The Hall–Kier alpha value is -1.29. The number of nitrogens with one attached hydrogen (secondary N) is 2. The highest BCUT2D eigenvalue weighted by Crippen LogP contribution is 2.12. The van der Waals surface area contributed by atoms with Gasteiger partial charge in [-0.3, -0.25) is 0 Å². The molecule has 84 valence electrons. The molecule has 0 spiro atoms. The molecular formula is C11H19N3O. The van der Waals surface area contributed by atoms with E-state index in [9.17, 15) is 5.11 Å². The van der Waals surface area contributed by atoms with Crippen molar-refractivity contribution in [1.29, 1.82) is 0 Å². The van der Waals surface area contributed by atoms with Crippen LogP contribution in [0.5, 0.6) is 0 Å². The van der Waals surface area contributed by atoms with E-state index in [1.54, 1.807) is 0 Å². The number of aliphatic hydroxyl groups excluding tert-OH is 1. The van der Waals surface area contributed by atoms with Crippen molar-refractivity contribution in [3.63, 3.8) is 0 Å². The Morgan fingerprint density at radius 3 is 2.53 bits per heavy atom. The van der Waals surface area contributed by atoms with E-state index < -0.39 is 0 Å². The molecule has 1 heterocycles. The summed E-state index contributed by atoms with van der Waals surface area (Å²) in [6.07, 6.45) is 0. The fourth-order valence-corrected chi connectivity index (χ4v) is 1.27. The van der Waals surface area contributed by atoms with Crippen LogP contribution in [0, 0.1) is 5.92 Å². The molecule has 4 nitrogen and oxygen atoms in total. The van der Waals surface area contributed by atoms with E-state index in [1.807, 2.05) is 25.2 Å². The molecule has 4 heteroatoms. The van der Waals surface area contributed by atoms with E-state index in [0.29, 0.717) is 5.92 Å². The molecule has 0 bridgehead atoms. The van der Waals surface area contributed by atoms with Crippen molar-refractivity contribution in [1.82, 2.24) is 4.98 Å². The molecule has 0 radical (unpaired) electrons. The van der Waals surface area contributed by atoms with Gasteiger partial charge in [0.1, 0.15) is 11.6 Å². The summed E-state index contributed by atoms with van der Waals surface area (Å²) in [5.41, 5.74) is 0. The highest BCUT2D eigenvalue weighted by Gasteiger charge is 2.11. The molecule has 0 saturated heterocycles. The van der Waals surface area contributed by atoms with E-state index in [4.69, 9.17) is 0 Å². The Kier molecular flexibility index (Phi) is 4.37. The Morgan fingerprint density at radius 1 is 1.33 bits per heavy atom. The predicted molar refractivity (Wildman–Crippen MR) is 63.1 cm³/mol. The van der Waals surface area contributed by atoms with Crippen LogP contribution in [0.1, 0.15) is 13.8 Å². The average molecular weight is 209 g/mol. The molecular weight excluding hydrogens is 190 g/mol. The van der Waals surface area contributed by atoms with Crippen molar-refractivity contribution >= 4 is 11.6 Å². The van der Waals surface area contributed by atoms with Gasteiger partial charge in [-0.05, 0) is 18.1 Å². The Morgan fingerprint density at radius 2 is 2.00 bits per heavy atom. The summed E-state index contributed by atoms with van der Waals surface area (Å²) in [7, 11) is 1.83. The molecule has 0 aliphatic carbocycles. The summed E-state index contributed by atoms with van der Waals surface area (Å²) >= 11 is 0. The third-order valence-electron chi connectivity index (χ3n) is 2.34. The van der Waals surface area contributed by atoms with Gasteiger partial charge >= 0.3 is 0 Å². The lowest BCUT2D eigenvalue weighted by molar-refractivity contribution is 0.249. The molecule has 0 aliphatic heterocycles. The molecule has 0 aromatic carbocycles. The maximum atomic E-state index is 9.18. The summed E-state index contributed by atoms with van der Waals surface area (Å²) in [5, 5.41) is 15.4. The predicted octanol–water partition coefficient (Wildman–Crippen LogP) is 1.55. The SMILES string of the molecule is CNc1cccc(NC(CO)C(C)C)n1. The number of pyridine rings is 1. The molecule has 1 rings (SSSR count). The third kappa shape index (κ3) is 3.40. The standard InChI is InChI=1S/C11H19N3O/c1-8(2)9(7-15)13-11-6-4-5-10(12-3)14-11/h4-6,8-9,15H,7H2,1-3H3,(H2,12,13,14). The minimum Gasteiger partial charge on any atom is -0.394 e. The van der Waals surface area contributed by atoms with Crippen molar-refractivity contribution in [2.24, 2.45) is 5.92 Å². The lowest BCUT2D eigenvalue weighted by atomic mass is 10.1. The van der Waals surface area contributed by atoms with Crippen molar-refractivity contribution in [2.75, 3.05) is 24.3 Å². The minimum atomic E-state index is 0.0459. The second kappa shape index (κ2) is 5.56. The molecule has 1 atom stereocenters. The van der Waals surface area contributed by atoms with Gasteiger partial charge in [0.15, 0.2) is 0 Å². The maximum absolute atomic E-state index is 9.18. The zero-order valence-corrected chi connectivity index (χ0v) is 9.49. The number of aromatic nitrogens is 1. The summed E-state index contributed by atoms with van der Waals surface area (Å²) in [6.45, 7) is 4.24. The van der Waals surface area contributed by atoms with Gasteiger partial charge in [0, 0.05) is 7.05 Å². The maximum Gasteiger partial charge on any atom is 0.128 e. The van der Waals surface area contributed by atoms with Gasteiger partial charge in [-0.1, -0.05) is 19.9 Å².